The molecule has 0 bridgehead atoms. The van der Waals surface area contributed by atoms with Crippen LogP contribution in [0.4, 0.5) is 0 Å². The van der Waals surface area contributed by atoms with Gasteiger partial charge in [-0.25, -0.2) is 4.79 Å². The second-order valence-corrected chi connectivity index (χ2v) is 6.65. The smallest absolute Gasteiger partial charge is 0.394 e. The number of carbonyl (C=O) groups excluding carboxylic acids is 2. The van der Waals surface area contributed by atoms with Gasteiger partial charge in [0, 0.05) is 6.54 Å². The molecule has 146 valence electrons. The lowest BCUT2D eigenvalue weighted by Gasteiger charge is -2.19. The third-order valence-corrected chi connectivity index (χ3v) is 4.61. The monoisotopic (exact) mass is 377 g/mol. The minimum absolute atomic E-state index is 0.0623. The molecule has 0 heterocycles. The van der Waals surface area contributed by atoms with Crippen LogP contribution in [0.1, 0.15) is 37.7 Å². The second-order valence-electron chi connectivity index (χ2n) is 6.65. The second kappa shape index (κ2) is 9.70. The maximum absolute atomic E-state index is 12.1. The molecule has 8 heteroatoms. The molecular formula is C19H23NO7. The predicted molar refractivity (Wildman–Crippen MR) is 94.1 cm³/mol. The molecule has 1 amide bonds. The number of esters is 1. The first-order valence-electron chi connectivity index (χ1n) is 8.91. The highest BCUT2D eigenvalue weighted by atomic mass is 16.5. The molecule has 1 fully saturated rings. The van der Waals surface area contributed by atoms with Gasteiger partial charge < -0.3 is 20.3 Å². The van der Waals surface area contributed by atoms with Gasteiger partial charge in [0.05, 0.1) is 11.8 Å². The Hall–Kier alpha value is -2.90. The lowest BCUT2D eigenvalue weighted by Crippen LogP contribution is -2.37. The van der Waals surface area contributed by atoms with E-state index in [-0.39, 0.29) is 24.9 Å². The summed E-state index contributed by atoms with van der Waals surface area (Å²) in [4.78, 5) is 45.0. The number of aliphatic carboxylic acids is 2. The van der Waals surface area contributed by atoms with Crippen molar-refractivity contribution in [1.82, 2.24) is 5.32 Å². The summed E-state index contributed by atoms with van der Waals surface area (Å²) < 4.78 is 5.39. The van der Waals surface area contributed by atoms with Crippen molar-refractivity contribution in [2.75, 3.05) is 6.54 Å². The Bertz CT molecular complexity index is 693. The molecule has 0 aliphatic heterocycles. The Labute approximate surface area is 156 Å². The van der Waals surface area contributed by atoms with Crippen LogP contribution in [0.2, 0.25) is 0 Å². The number of nitrogens with one attached hydrogen (secondary N) is 1. The summed E-state index contributed by atoms with van der Waals surface area (Å²) in [6.45, 7) is -0.293. The zero-order chi connectivity index (χ0) is 19.8. The molecule has 0 radical (unpaired) electrons. The normalized spacial score (nSPS) is 15.6. The van der Waals surface area contributed by atoms with Gasteiger partial charge in [-0.1, -0.05) is 31.4 Å². The topological polar surface area (TPSA) is 130 Å². The van der Waals surface area contributed by atoms with Crippen LogP contribution in [0.25, 0.3) is 0 Å². The molecule has 0 spiro atoms. The Morgan fingerprint density at radius 2 is 1.67 bits per heavy atom. The van der Waals surface area contributed by atoms with E-state index < -0.39 is 23.8 Å². The molecule has 1 aliphatic carbocycles. The molecule has 2 rings (SSSR count). The molecule has 3 N–H and O–H groups in total. The molecule has 1 aromatic rings. The zero-order valence-electron chi connectivity index (χ0n) is 14.8. The van der Waals surface area contributed by atoms with Crippen molar-refractivity contribution in [1.29, 1.82) is 0 Å². The van der Waals surface area contributed by atoms with Crippen LogP contribution in [-0.4, -0.2) is 40.6 Å². The van der Waals surface area contributed by atoms with E-state index >= 15 is 0 Å². The van der Waals surface area contributed by atoms with Crippen LogP contribution in [0.3, 0.4) is 0 Å². The Kier molecular flexibility index (Phi) is 7.34. The van der Waals surface area contributed by atoms with Crippen LogP contribution < -0.4 is 10.1 Å². The van der Waals surface area contributed by atoms with Gasteiger partial charge in [-0.3, -0.25) is 14.4 Å². The first-order valence-corrected chi connectivity index (χ1v) is 8.91. The quantitative estimate of drug-likeness (QED) is 0.374. The molecule has 0 saturated heterocycles. The fourth-order valence-corrected chi connectivity index (χ4v) is 3.05. The highest BCUT2D eigenvalue weighted by molar-refractivity contribution is 6.31. The molecule has 1 atom stereocenters. The number of benzene rings is 1. The molecule has 1 aliphatic rings. The van der Waals surface area contributed by atoms with E-state index in [1.165, 1.54) is 0 Å². The van der Waals surface area contributed by atoms with Gasteiger partial charge in [-0.2, -0.15) is 0 Å². The van der Waals surface area contributed by atoms with Crippen LogP contribution in [-0.2, 0) is 25.6 Å². The standard InChI is InChI=1S/C19H23NO7/c21-16(18(24)25)20-11-14(17(22)23)10-12-6-8-15(9-7-12)27-19(26)13-4-2-1-3-5-13/h6-9,13-14H,1-5,10-11H2,(H,20,21)(H,22,23)(H,24,25)/t14-/m0/s1. The predicted octanol–water partition coefficient (Wildman–Crippen LogP) is 1.62. The number of carboxylic acid groups (broad SMARTS) is 2. The van der Waals surface area contributed by atoms with Gasteiger partial charge in [0.15, 0.2) is 0 Å². The van der Waals surface area contributed by atoms with Gasteiger partial charge in [0.2, 0.25) is 0 Å². The average molecular weight is 377 g/mol. The van der Waals surface area contributed by atoms with E-state index in [0.717, 1.165) is 32.1 Å². The summed E-state index contributed by atoms with van der Waals surface area (Å²) in [5.41, 5.74) is 0.671. The van der Waals surface area contributed by atoms with Gasteiger partial charge in [-0.05, 0) is 37.0 Å². The average Bonchev–Trinajstić information content (AvgIpc) is 2.66. The minimum Gasteiger partial charge on any atom is -0.481 e. The van der Waals surface area contributed by atoms with E-state index in [1.807, 2.05) is 0 Å². The van der Waals surface area contributed by atoms with Crippen molar-refractivity contribution in [3.8, 4) is 5.75 Å². The summed E-state index contributed by atoms with van der Waals surface area (Å²) in [7, 11) is 0. The van der Waals surface area contributed by atoms with Crippen molar-refractivity contribution in [3.05, 3.63) is 29.8 Å². The molecular weight excluding hydrogens is 354 g/mol. The van der Waals surface area contributed by atoms with Crippen molar-refractivity contribution in [3.63, 3.8) is 0 Å². The Morgan fingerprint density at radius 3 is 2.22 bits per heavy atom. The van der Waals surface area contributed by atoms with E-state index in [2.05, 4.69) is 5.32 Å². The fourth-order valence-electron chi connectivity index (χ4n) is 3.05. The van der Waals surface area contributed by atoms with Crippen LogP contribution in [0.5, 0.6) is 5.75 Å². The number of ether oxygens (including phenoxy) is 1. The first kappa shape index (κ1) is 20.4. The maximum Gasteiger partial charge on any atom is 0.394 e. The molecule has 27 heavy (non-hydrogen) atoms. The Balaban J connectivity index is 1.90. The number of amides is 1. The van der Waals surface area contributed by atoms with E-state index in [9.17, 15) is 24.3 Å². The van der Waals surface area contributed by atoms with Crippen LogP contribution >= 0.6 is 0 Å². The van der Waals surface area contributed by atoms with Crippen molar-refractivity contribution < 1.29 is 34.1 Å². The summed E-state index contributed by atoms with van der Waals surface area (Å²) in [6.07, 6.45) is 5.02. The van der Waals surface area contributed by atoms with Crippen molar-refractivity contribution >= 4 is 23.8 Å². The highest BCUT2D eigenvalue weighted by Crippen LogP contribution is 2.26. The maximum atomic E-state index is 12.1. The summed E-state index contributed by atoms with van der Waals surface area (Å²) in [5.74, 6) is -4.91. The molecule has 8 nitrogen and oxygen atoms in total. The lowest BCUT2D eigenvalue weighted by molar-refractivity contribution is -0.150. The lowest BCUT2D eigenvalue weighted by atomic mass is 9.89. The van der Waals surface area contributed by atoms with Crippen LogP contribution in [0.15, 0.2) is 24.3 Å². The number of hydrogen-bond donors (Lipinski definition) is 3. The van der Waals surface area contributed by atoms with Crippen molar-refractivity contribution in [2.24, 2.45) is 11.8 Å². The first-order chi connectivity index (χ1) is 12.9. The Morgan fingerprint density at radius 1 is 1.04 bits per heavy atom. The molecule has 0 aromatic heterocycles. The molecule has 1 saturated carbocycles. The summed E-state index contributed by atoms with van der Waals surface area (Å²) >= 11 is 0. The number of rotatable bonds is 7. The highest BCUT2D eigenvalue weighted by Gasteiger charge is 2.23. The molecule has 1 aromatic carbocycles. The van der Waals surface area contributed by atoms with E-state index in [4.69, 9.17) is 9.84 Å². The molecule has 0 unspecified atom stereocenters. The van der Waals surface area contributed by atoms with Gasteiger partial charge >= 0.3 is 23.8 Å². The van der Waals surface area contributed by atoms with Gasteiger partial charge in [-0.15, -0.1) is 0 Å². The fraction of sp³-hybridized carbons (Fsp3) is 0.474. The van der Waals surface area contributed by atoms with E-state index in [0.29, 0.717) is 11.3 Å². The summed E-state index contributed by atoms with van der Waals surface area (Å²) in [6, 6.07) is 6.51. The SMILES string of the molecule is O=C(O)C(=O)NC[C@H](Cc1ccc(OC(=O)C2CCCCC2)cc1)C(=O)O. The van der Waals surface area contributed by atoms with E-state index in [1.54, 1.807) is 24.3 Å². The third kappa shape index (κ3) is 6.40. The number of hydrogen-bond acceptors (Lipinski definition) is 5. The van der Waals surface area contributed by atoms with Crippen LogP contribution in [0, 0.1) is 11.8 Å². The third-order valence-electron chi connectivity index (χ3n) is 4.61. The number of carbonyl (C=O) groups is 4. The number of carboxylic acids is 2. The summed E-state index contributed by atoms with van der Waals surface area (Å²) in [5, 5.41) is 19.8. The largest absolute Gasteiger partial charge is 0.481 e. The van der Waals surface area contributed by atoms with Gasteiger partial charge in [0.25, 0.3) is 0 Å². The zero-order valence-corrected chi connectivity index (χ0v) is 14.8. The minimum atomic E-state index is -1.66. The van der Waals surface area contributed by atoms with Gasteiger partial charge in [0.1, 0.15) is 5.75 Å². The van der Waals surface area contributed by atoms with Crippen molar-refractivity contribution in [2.45, 2.75) is 38.5 Å².